The Morgan fingerprint density at radius 2 is 1.87 bits per heavy atom. The van der Waals surface area contributed by atoms with E-state index >= 15 is 0 Å². The minimum Gasteiger partial charge on any atom is -0.493 e. The summed E-state index contributed by atoms with van der Waals surface area (Å²) in [5.41, 5.74) is 6.68. The monoisotopic (exact) mass is 335 g/mol. The number of fused-ring (bicyclic) bond motifs is 1. The van der Waals surface area contributed by atoms with Crippen LogP contribution in [0, 0.1) is 0 Å². The average molecular weight is 335 g/mol. The first kappa shape index (κ1) is 15.4. The number of methoxy groups -OCH3 is 3. The molecule has 1 aromatic heterocycles. The molecule has 2 heterocycles. The number of thiazole rings is 1. The number of benzene rings is 1. The van der Waals surface area contributed by atoms with E-state index in [1.165, 1.54) is 11.3 Å². The fourth-order valence-corrected chi connectivity index (χ4v) is 3.63. The van der Waals surface area contributed by atoms with Crippen LogP contribution in [0.25, 0.3) is 0 Å². The van der Waals surface area contributed by atoms with Gasteiger partial charge in [-0.05, 0) is 17.7 Å². The summed E-state index contributed by atoms with van der Waals surface area (Å²) in [6.07, 6.45) is 0.313. The van der Waals surface area contributed by atoms with E-state index < -0.39 is 0 Å². The molecule has 23 heavy (non-hydrogen) atoms. The number of carbonyl (C=O) groups excluding carboxylic acids is 1. The molecule has 7 nitrogen and oxygen atoms in total. The zero-order valence-corrected chi connectivity index (χ0v) is 13.8. The molecule has 8 heteroatoms. The van der Waals surface area contributed by atoms with E-state index in [1.54, 1.807) is 21.3 Å². The highest BCUT2D eigenvalue weighted by Crippen LogP contribution is 2.46. The van der Waals surface area contributed by atoms with Crippen molar-refractivity contribution in [3.63, 3.8) is 0 Å². The number of anilines is 2. The first-order chi connectivity index (χ1) is 11.1. The molecule has 1 amide bonds. The second-order valence-electron chi connectivity index (χ2n) is 5.03. The van der Waals surface area contributed by atoms with Gasteiger partial charge in [-0.2, -0.15) is 0 Å². The van der Waals surface area contributed by atoms with Gasteiger partial charge >= 0.3 is 0 Å². The molecule has 0 bridgehead atoms. The molecule has 1 aromatic carbocycles. The molecule has 1 atom stereocenters. The number of nitrogens with two attached hydrogens (primary N) is 1. The molecule has 2 aromatic rings. The Balaban J connectivity index is 2.13. The van der Waals surface area contributed by atoms with Crippen molar-refractivity contribution < 1.29 is 19.0 Å². The molecule has 1 aliphatic heterocycles. The van der Waals surface area contributed by atoms with E-state index in [-0.39, 0.29) is 11.8 Å². The van der Waals surface area contributed by atoms with Gasteiger partial charge in [-0.15, -0.1) is 0 Å². The molecule has 0 radical (unpaired) electrons. The Bertz CT molecular complexity index is 734. The van der Waals surface area contributed by atoms with Crippen LogP contribution in [0.3, 0.4) is 0 Å². The predicted octanol–water partition coefficient (Wildman–Crippen LogP) is 2.23. The maximum absolute atomic E-state index is 12.0. The van der Waals surface area contributed by atoms with Crippen LogP contribution >= 0.6 is 11.3 Å². The van der Waals surface area contributed by atoms with Gasteiger partial charge in [0.05, 0.1) is 26.2 Å². The van der Waals surface area contributed by atoms with Crippen LogP contribution in [-0.4, -0.2) is 32.2 Å². The van der Waals surface area contributed by atoms with Gasteiger partial charge in [0, 0.05) is 12.3 Å². The molecular weight excluding hydrogens is 318 g/mol. The third-order valence-electron chi connectivity index (χ3n) is 3.72. The second-order valence-corrected chi connectivity index (χ2v) is 6.09. The van der Waals surface area contributed by atoms with E-state index in [0.717, 1.165) is 10.4 Å². The Morgan fingerprint density at radius 3 is 2.43 bits per heavy atom. The van der Waals surface area contributed by atoms with Crippen LogP contribution in [0.2, 0.25) is 0 Å². The van der Waals surface area contributed by atoms with E-state index in [2.05, 4.69) is 10.3 Å². The first-order valence-electron chi connectivity index (χ1n) is 6.93. The molecule has 3 rings (SSSR count). The lowest BCUT2D eigenvalue weighted by Gasteiger charge is -2.23. The maximum Gasteiger partial charge on any atom is 0.226 e. The number of nitrogens with zero attached hydrogens (tertiary/aromatic N) is 1. The third kappa shape index (κ3) is 2.65. The lowest BCUT2D eigenvalue weighted by molar-refractivity contribution is -0.116. The summed E-state index contributed by atoms with van der Waals surface area (Å²) in [5, 5.41) is 3.18. The normalized spacial score (nSPS) is 16.5. The molecule has 0 fully saturated rings. The quantitative estimate of drug-likeness (QED) is 0.889. The van der Waals surface area contributed by atoms with Crippen molar-refractivity contribution in [2.45, 2.75) is 12.3 Å². The van der Waals surface area contributed by atoms with Crippen LogP contribution in [0.4, 0.5) is 10.9 Å². The maximum atomic E-state index is 12.0. The highest BCUT2D eigenvalue weighted by molar-refractivity contribution is 7.16. The van der Waals surface area contributed by atoms with E-state index in [1.807, 2.05) is 12.1 Å². The second kappa shape index (κ2) is 5.96. The van der Waals surface area contributed by atoms with Crippen LogP contribution in [0.5, 0.6) is 17.2 Å². The van der Waals surface area contributed by atoms with Gasteiger partial charge in [0.2, 0.25) is 11.7 Å². The molecule has 3 N–H and O–H groups in total. The van der Waals surface area contributed by atoms with Gasteiger partial charge in [-0.3, -0.25) is 4.79 Å². The Labute approximate surface area is 137 Å². The van der Waals surface area contributed by atoms with Gasteiger partial charge in [-0.25, -0.2) is 4.98 Å². The third-order valence-corrected chi connectivity index (χ3v) is 4.72. The topological polar surface area (TPSA) is 95.7 Å². The van der Waals surface area contributed by atoms with Crippen molar-refractivity contribution in [1.29, 1.82) is 0 Å². The fraction of sp³-hybridized carbons (Fsp3) is 0.333. The molecule has 0 spiro atoms. The standard InChI is InChI=1S/C15H17N3O4S/c1-20-9-4-7(5-10(21-2)12(9)22-3)8-6-11(19)17-14-13(8)23-15(16)18-14/h4-5,8H,6H2,1-3H3,(H2,16,18)(H,17,19)/t8-/m0/s1. The molecular formula is C15H17N3O4S. The van der Waals surface area contributed by atoms with Gasteiger partial charge in [0.1, 0.15) is 5.82 Å². The first-order valence-corrected chi connectivity index (χ1v) is 7.75. The van der Waals surface area contributed by atoms with Crippen LogP contribution in [0.1, 0.15) is 22.8 Å². The molecule has 0 saturated heterocycles. The van der Waals surface area contributed by atoms with Gasteiger partial charge in [0.25, 0.3) is 0 Å². The minimum absolute atomic E-state index is 0.0958. The Kier molecular flexibility index (Phi) is 3.99. The number of hydrogen-bond acceptors (Lipinski definition) is 7. The lowest BCUT2D eigenvalue weighted by Crippen LogP contribution is -2.22. The van der Waals surface area contributed by atoms with Crippen molar-refractivity contribution in [2.75, 3.05) is 32.4 Å². The Morgan fingerprint density at radius 1 is 1.22 bits per heavy atom. The molecule has 0 aliphatic carbocycles. The Hall–Kier alpha value is -2.48. The fourth-order valence-electron chi connectivity index (χ4n) is 2.71. The summed E-state index contributed by atoms with van der Waals surface area (Å²) in [6, 6.07) is 3.70. The average Bonchev–Trinajstić information content (AvgIpc) is 2.92. The smallest absolute Gasteiger partial charge is 0.226 e. The molecule has 0 unspecified atom stereocenters. The van der Waals surface area contributed by atoms with E-state index in [4.69, 9.17) is 19.9 Å². The SMILES string of the molecule is COc1cc([C@@H]2CC(=O)Nc3nc(N)sc32)cc(OC)c1OC. The van der Waals surface area contributed by atoms with Gasteiger partial charge in [-0.1, -0.05) is 11.3 Å². The summed E-state index contributed by atoms with van der Waals surface area (Å²) in [7, 11) is 4.67. The number of carbonyl (C=O) groups is 1. The minimum atomic E-state index is -0.151. The summed E-state index contributed by atoms with van der Waals surface area (Å²) in [6.45, 7) is 0. The largest absolute Gasteiger partial charge is 0.493 e. The van der Waals surface area contributed by atoms with Gasteiger partial charge in [0.15, 0.2) is 16.6 Å². The van der Waals surface area contributed by atoms with Crippen LogP contribution < -0.4 is 25.3 Å². The van der Waals surface area contributed by atoms with Crippen LogP contribution in [-0.2, 0) is 4.79 Å². The number of hydrogen-bond donors (Lipinski definition) is 2. The van der Waals surface area contributed by atoms with Crippen molar-refractivity contribution >= 4 is 28.2 Å². The number of ether oxygens (including phenoxy) is 3. The van der Waals surface area contributed by atoms with Gasteiger partial charge < -0.3 is 25.3 Å². The van der Waals surface area contributed by atoms with Crippen molar-refractivity contribution in [3.8, 4) is 17.2 Å². The summed E-state index contributed by atoms with van der Waals surface area (Å²) >= 11 is 1.37. The lowest BCUT2D eigenvalue weighted by atomic mass is 9.91. The van der Waals surface area contributed by atoms with Crippen molar-refractivity contribution in [3.05, 3.63) is 22.6 Å². The zero-order valence-electron chi connectivity index (χ0n) is 13.0. The highest BCUT2D eigenvalue weighted by atomic mass is 32.1. The number of aromatic nitrogens is 1. The molecule has 122 valence electrons. The summed E-state index contributed by atoms with van der Waals surface area (Å²) in [4.78, 5) is 17.1. The van der Waals surface area contributed by atoms with Crippen LogP contribution in [0.15, 0.2) is 12.1 Å². The predicted molar refractivity (Wildman–Crippen MR) is 87.7 cm³/mol. The summed E-state index contributed by atoms with van der Waals surface area (Å²) in [5.74, 6) is 1.90. The number of nitrogens with one attached hydrogen (secondary N) is 1. The molecule has 0 saturated carbocycles. The van der Waals surface area contributed by atoms with Crippen molar-refractivity contribution in [1.82, 2.24) is 4.98 Å². The zero-order chi connectivity index (χ0) is 16.6. The van der Waals surface area contributed by atoms with E-state index in [9.17, 15) is 4.79 Å². The number of amides is 1. The number of nitrogen functional groups attached to an aromatic ring is 1. The van der Waals surface area contributed by atoms with E-state index in [0.29, 0.717) is 34.6 Å². The molecule has 1 aliphatic rings. The highest BCUT2D eigenvalue weighted by Gasteiger charge is 2.31. The number of rotatable bonds is 4. The summed E-state index contributed by atoms with van der Waals surface area (Å²) < 4.78 is 16.1. The van der Waals surface area contributed by atoms with Crippen molar-refractivity contribution in [2.24, 2.45) is 0 Å².